The van der Waals surface area contributed by atoms with E-state index in [2.05, 4.69) is 23.8 Å². The van der Waals surface area contributed by atoms with Crippen molar-refractivity contribution in [3.05, 3.63) is 24.3 Å². The van der Waals surface area contributed by atoms with Gasteiger partial charge in [-0.3, -0.25) is 0 Å². The summed E-state index contributed by atoms with van der Waals surface area (Å²) in [4.78, 5) is 2.57. The Morgan fingerprint density at radius 1 is 1.18 bits per heavy atom. The van der Waals surface area contributed by atoms with Gasteiger partial charge in [0.15, 0.2) is 0 Å². The van der Waals surface area contributed by atoms with Gasteiger partial charge in [-0.05, 0) is 55.9 Å². The van der Waals surface area contributed by atoms with Gasteiger partial charge in [-0.25, -0.2) is 4.83 Å². The number of rotatable bonds is 5. The Kier molecular flexibility index (Phi) is 5.45. The molecule has 1 aromatic rings. The molecular formula is C16H24N2O3S. The first-order valence-electron chi connectivity index (χ1n) is 7.76. The number of hydrogen-bond donors (Lipinski definition) is 1. The minimum absolute atomic E-state index is 0.191. The largest absolute Gasteiger partial charge is 0.494 e. The third-order valence-electron chi connectivity index (χ3n) is 4.02. The van der Waals surface area contributed by atoms with Gasteiger partial charge in [0.2, 0.25) is 0 Å². The fourth-order valence-corrected chi connectivity index (χ4v) is 3.60. The van der Waals surface area contributed by atoms with Crippen LogP contribution in [0.4, 0.5) is 0 Å². The second kappa shape index (κ2) is 7.13. The highest BCUT2D eigenvalue weighted by atomic mass is 32.2. The minimum atomic E-state index is -3.63. The van der Waals surface area contributed by atoms with Gasteiger partial charge in [0.1, 0.15) is 5.75 Å². The molecule has 0 aliphatic heterocycles. The number of nitrogens with zero attached hydrogens (tertiary/aromatic N) is 1. The van der Waals surface area contributed by atoms with E-state index in [9.17, 15) is 8.42 Å². The van der Waals surface area contributed by atoms with Gasteiger partial charge in [0, 0.05) is 5.71 Å². The van der Waals surface area contributed by atoms with E-state index in [1.165, 1.54) is 18.6 Å². The molecule has 1 aromatic carbocycles. The molecular weight excluding hydrogens is 300 g/mol. The summed E-state index contributed by atoms with van der Waals surface area (Å²) >= 11 is 0. The van der Waals surface area contributed by atoms with E-state index in [0.29, 0.717) is 24.2 Å². The fraction of sp³-hybridized carbons (Fsp3) is 0.562. The summed E-state index contributed by atoms with van der Waals surface area (Å²) in [6.07, 6.45) is 3.30. The number of nitrogens with one attached hydrogen (secondary N) is 1. The molecule has 0 amide bonds. The van der Waals surface area contributed by atoms with Crippen LogP contribution in [0.2, 0.25) is 0 Å². The van der Waals surface area contributed by atoms with E-state index < -0.39 is 10.0 Å². The zero-order valence-electron chi connectivity index (χ0n) is 13.4. The van der Waals surface area contributed by atoms with Gasteiger partial charge in [-0.1, -0.05) is 20.3 Å². The summed E-state index contributed by atoms with van der Waals surface area (Å²) in [6.45, 7) is 6.63. The summed E-state index contributed by atoms with van der Waals surface area (Å²) in [5, 5.41) is 4.20. The van der Waals surface area contributed by atoms with E-state index in [4.69, 9.17) is 4.74 Å². The monoisotopic (exact) mass is 324 g/mol. The van der Waals surface area contributed by atoms with Crippen molar-refractivity contribution in [1.29, 1.82) is 0 Å². The van der Waals surface area contributed by atoms with Crippen molar-refractivity contribution in [2.45, 2.75) is 44.9 Å². The highest BCUT2D eigenvalue weighted by molar-refractivity contribution is 7.89. The standard InChI is InChI=1S/C16H24N2O3S/c1-4-21-14-8-10-15(11-9-14)22(19,20)18-17-16-12(2)6-5-7-13(16)3/h8-13,18H,4-7H2,1-3H3/t12-,13-/m1/s1. The van der Waals surface area contributed by atoms with Crippen LogP contribution in [0.3, 0.4) is 0 Å². The van der Waals surface area contributed by atoms with Crippen LogP contribution in [-0.2, 0) is 10.0 Å². The fourth-order valence-electron chi connectivity index (χ4n) is 2.78. The Morgan fingerprint density at radius 3 is 2.32 bits per heavy atom. The summed E-state index contributed by atoms with van der Waals surface area (Å²) in [7, 11) is -3.63. The average Bonchev–Trinajstić information content (AvgIpc) is 2.47. The molecule has 1 N–H and O–H groups in total. The Hall–Kier alpha value is -1.56. The van der Waals surface area contributed by atoms with Crippen LogP contribution in [0.1, 0.15) is 40.0 Å². The quantitative estimate of drug-likeness (QED) is 0.846. The Labute approximate surface area is 132 Å². The number of benzene rings is 1. The van der Waals surface area contributed by atoms with Crippen LogP contribution in [0, 0.1) is 11.8 Å². The van der Waals surface area contributed by atoms with Crippen LogP contribution in [0.25, 0.3) is 0 Å². The number of sulfonamides is 1. The summed E-state index contributed by atoms with van der Waals surface area (Å²) < 4.78 is 29.9. The first-order valence-corrected chi connectivity index (χ1v) is 9.24. The zero-order chi connectivity index (χ0) is 16.2. The lowest BCUT2D eigenvalue weighted by atomic mass is 9.81. The smallest absolute Gasteiger partial charge is 0.276 e. The van der Waals surface area contributed by atoms with Crippen molar-refractivity contribution < 1.29 is 13.2 Å². The molecule has 0 heterocycles. The van der Waals surface area contributed by atoms with Crippen molar-refractivity contribution in [1.82, 2.24) is 4.83 Å². The minimum Gasteiger partial charge on any atom is -0.494 e. The second-order valence-corrected chi connectivity index (χ2v) is 7.43. The van der Waals surface area contributed by atoms with Crippen LogP contribution in [0.15, 0.2) is 34.3 Å². The highest BCUT2D eigenvalue weighted by Gasteiger charge is 2.24. The molecule has 1 fully saturated rings. The lowest BCUT2D eigenvalue weighted by molar-refractivity contribution is 0.340. The molecule has 0 bridgehead atoms. The molecule has 22 heavy (non-hydrogen) atoms. The molecule has 0 radical (unpaired) electrons. The number of ether oxygens (including phenoxy) is 1. The first-order chi connectivity index (χ1) is 10.4. The maximum atomic E-state index is 12.3. The molecule has 0 aromatic heterocycles. The first kappa shape index (κ1) is 16.8. The normalized spacial score (nSPS) is 22.2. The highest BCUT2D eigenvalue weighted by Crippen LogP contribution is 2.26. The summed E-state index contributed by atoms with van der Waals surface area (Å²) in [6, 6.07) is 6.36. The van der Waals surface area contributed by atoms with E-state index in [1.807, 2.05) is 6.92 Å². The third kappa shape index (κ3) is 4.00. The molecule has 5 nitrogen and oxygen atoms in total. The Balaban J connectivity index is 2.13. The topological polar surface area (TPSA) is 67.8 Å². The molecule has 2 atom stereocenters. The molecule has 122 valence electrons. The van der Waals surface area contributed by atoms with Gasteiger partial charge < -0.3 is 4.74 Å². The maximum Gasteiger partial charge on any atom is 0.276 e. The molecule has 1 aliphatic carbocycles. The van der Waals surface area contributed by atoms with E-state index in [-0.39, 0.29) is 4.90 Å². The molecule has 0 spiro atoms. The van der Waals surface area contributed by atoms with Crippen molar-refractivity contribution >= 4 is 15.7 Å². The van der Waals surface area contributed by atoms with Gasteiger partial charge in [0.25, 0.3) is 10.0 Å². The van der Waals surface area contributed by atoms with Crippen LogP contribution >= 0.6 is 0 Å². The summed E-state index contributed by atoms with van der Waals surface area (Å²) in [5.41, 5.74) is 0.945. The van der Waals surface area contributed by atoms with Gasteiger partial charge in [0.05, 0.1) is 11.5 Å². The zero-order valence-corrected chi connectivity index (χ0v) is 14.2. The van der Waals surface area contributed by atoms with E-state index in [0.717, 1.165) is 18.6 Å². The number of hydrogen-bond acceptors (Lipinski definition) is 4. The van der Waals surface area contributed by atoms with Gasteiger partial charge >= 0.3 is 0 Å². The third-order valence-corrected chi connectivity index (χ3v) is 5.25. The summed E-state index contributed by atoms with van der Waals surface area (Å²) in [5.74, 6) is 1.31. The maximum absolute atomic E-state index is 12.3. The lowest BCUT2D eigenvalue weighted by Crippen LogP contribution is -2.29. The Bertz CT molecular complexity index is 611. The van der Waals surface area contributed by atoms with Gasteiger partial charge in [-0.15, -0.1) is 0 Å². The Morgan fingerprint density at radius 2 is 1.77 bits per heavy atom. The molecule has 0 saturated heterocycles. The second-order valence-electron chi connectivity index (χ2n) is 5.77. The van der Waals surface area contributed by atoms with Crippen molar-refractivity contribution in [2.75, 3.05) is 6.61 Å². The van der Waals surface area contributed by atoms with Gasteiger partial charge in [-0.2, -0.15) is 13.5 Å². The molecule has 1 aliphatic rings. The molecule has 6 heteroatoms. The van der Waals surface area contributed by atoms with Crippen molar-refractivity contribution in [3.8, 4) is 5.75 Å². The average molecular weight is 324 g/mol. The molecule has 2 rings (SSSR count). The molecule has 0 unspecified atom stereocenters. The lowest BCUT2D eigenvalue weighted by Gasteiger charge is -2.26. The van der Waals surface area contributed by atoms with Crippen molar-refractivity contribution in [3.63, 3.8) is 0 Å². The van der Waals surface area contributed by atoms with Crippen LogP contribution in [-0.4, -0.2) is 20.7 Å². The van der Waals surface area contributed by atoms with Crippen molar-refractivity contribution in [2.24, 2.45) is 16.9 Å². The molecule has 1 saturated carbocycles. The predicted octanol–water partition coefficient (Wildman–Crippen LogP) is 3.18. The SMILES string of the molecule is CCOc1ccc(S(=O)(=O)NN=C2[C@H](C)CCC[C@H]2C)cc1. The van der Waals surface area contributed by atoms with E-state index in [1.54, 1.807) is 12.1 Å². The van der Waals surface area contributed by atoms with E-state index >= 15 is 0 Å². The van der Waals surface area contributed by atoms with Crippen LogP contribution in [0.5, 0.6) is 5.75 Å². The predicted molar refractivity (Wildman–Crippen MR) is 87.5 cm³/mol. The number of hydrazone groups is 1. The van der Waals surface area contributed by atoms with Crippen LogP contribution < -0.4 is 9.57 Å².